The molecule has 1 N–H and O–H groups in total. The van der Waals surface area contributed by atoms with Gasteiger partial charge in [0.1, 0.15) is 17.9 Å². The number of fused-ring (bicyclic) bond motifs is 1. The van der Waals surface area contributed by atoms with Gasteiger partial charge in [-0.05, 0) is 24.3 Å². The van der Waals surface area contributed by atoms with Crippen molar-refractivity contribution in [3.8, 4) is 5.75 Å². The standard InChI is InChI=1S/C18H13ClO6S/c19-16-5-4-15(26-16)13(21)3-6-17(22)24-9-10-7-18(23)25-14-8-11(20)1-2-12(10)14/h1-2,4-5,7-8,20H,3,6,9H2. The summed E-state index contributed by atoms with van der Waals surface area (Å²) in [5, 5.41) is 10.0. The first-order chi connectivity index (χ1) is 12.4. The maximum absolute atomic E-state index is 12.0. The minimum atomic E-state index is -0.612. The van der Waals surface area contributed by atoms with Crippen LogP contribution < -0.4 is 5.63 Å². The second kappa shape index (κ2) is 7.72. The Labute approximate surface area is 156 Å². The zero-order chi connectivity index (χ0) is 18.7. The van der Waals surface area contributed by atoms with Gasteiger partial charge in [0.25, 0.3) is 0 Å². The Hall–Kier alpha value is -2.64. The van der Waals surface area contributed by atoms with Crippen molar-refractivity contribution in [2.75, 3.05) is 0 Å². The predicted molar refractivity (Wildman–Crippen MR) is 96.8 cm³/mol. The molecule has 2 aromatic heterocycles. The van der Waals surface area contributed by atoms with E-state index in [1.165, 1.54) is 18.2 Å². The van der Waals surface area contributed by atoms with Gasteiger partial charge in [-0.25, -0.2) is 4.79 Å². The molecule has 0 radical (unpaired) electrons. The molecule has 6 nitrogen and oxygen atoms in total. The number of hydrogen-bond acceptors (Lipinski definition) is 7. The van der Waals surface area contributed by atoms with Gasteiger partial charge < -0.3 is 14.3 Å². The molecule has 0 bridgehead atoms. The van der Waals surface area contributed by atoms with Gasteiger partial charge in [-0.3, -0.25) is 9.59 Å². The topological polar surface area (TPSA) is 93.8 Å². The van der Waals surface area contributed by atoms with E-state index in [9.17, 15) is 19.5 Å². The molecule has 0 aliphatic rings. The van der Waals surface area contributed by atoms with E-state index < -0.39 is 11.6 Å². The summed E-state index contributed by atoms with van der Waals surface area (Å²) in [5.74, 6) is -0.775. The van der Waals surface area contributed by atoms with E-state index in [2.05, 4.69) is 0 Å². The average Bonchev–Trinajstić information content (AvgIpc) is 3.03. The number of esters is 1. The van der Waals surface area contributed by atoms with Gasteiger partial charge in [0, 0.05) is 29.5 Å². The second-order valence-corrected chi connectivity index (χ2v) is 7.17. The summed E-state index contributed by atoms with van der Waals surface area (Å²) in [6.07, 6.45) is -0.0598. The molecule has 0 aliphatic carbocycles. The molecule has 0 unspecified atom stereocenters. The molecule has 8 heteroatoms. The van der Waals surface area contributed by atoms with Crippen molar-refractivity contribution >= 4 is 45.7 Å². The lowest BCUT2D eigenvalue weighted by Crippen LogP contribution is -2.09. The van der Waals surface area contributed by atoms with Crippen LogP contribution in [0.4, 0.5) is 0 Å². The van der Waals surface area contributed by atoms with Gasteiger partial charge in [-0.2, -0.15) is 0 Å². The first kappa shape index (κ1) is 18.2. The molecule has 0 spiro atoms. The highest BCUT2D eigenvalue weighted by Gasteiger charge is 2.13. The summed E-state index contributed by atoms with van der Waals surface area (Å²) in [6.45, 7) is -0.134. The number of benzene rings is 1. The van der Waals surface area contributed by atoms with E-state index in [4.69, 9.17) is 20.8 Å². The molecule has 1 aromatic carbocycles. The van der Waals surface area contributed by atoms with Crippen LogP contribution in [0.3, 0.4) is 0 Å². The molecule has 2 heterocycles. The number of Topliss-reactive ketones (excluding diaryl/α,β-unsaturated/α-hetero) is 1. The number of carbonyl (C=O) groups excluding carboxylic acids is 2. The Morgan fingerprint density at radius 2 is 1.96 bits per heavy atom. The molecule has 26 heavy (non-hydrogen) atoms. The minimum Gasteiger partial charge on any atom is -0.508 e. The summed E-state index contributed by atoms with van der Waals surface area (Å²) in [6, 6.07) is 8.80. The Morgan fingerprint density at radius 1 is 1.15 bits per heavy atom. The molecular weight excluding hydrogens is 380 g/mol. The first-order valence-corrected chi connectivity index (χ1v) is 8.82. The monoisotopic (exact) mass is 392 g/mol. The summed E-state index contributed by atoms with van der Waals surface area (Å²) in [7, 11) is 0. The third kappa shape index (κ3) is 4.30. The molecule has 0 atom stereocenters. The molecular formula is C18H13ClO6S. The SMILES string of the molecule is O=C(CCC(=O)c1ccc(Cl)s1)OCc1cc(=O)oc2cc(O)ccc12. The molecule has 0 saturated carbocycles. The smallest absolute Gasteiger partial charge is 0.336 e. The summed E-state index contributed by atoms with van der Waals surface area (Å²) < 4.78 is 10.7. The normalized spacial score (nSPS) is 10.8. The van der Waals surface area contributed by atoms with E-state index in [0.717, 1.165) is 11.3 Å². The van der Waals surface area contributed by atoms with Gasteiger partial charge in [0.15, 0.2) is 5.78 Å². The number of hydrogen-bond donors (Lipinski definition) is 1. The van der Waals surface area contributed by atoms with Crippen molar-refractivity contribution in [3.05, 3.63) is 61.6 Å². The number of thiophene rings is 1. The largest absolute Gasteiger partial charge is 0.508 e. The van der Waals surface area contributed by atoms with Gasteiger partial charge >= 0.3 is 11.6 Å². The number of phenolic OH excluding ortho intramolecular Hbond substituents is 1. The van der Waals surface area contributed by atoms with Crippen LogP contribution in [0.2, 0.25) is 4.34 Å². The van der Waals surface area contributed by atoms with Crippen LogP contribution in [0, 0.1) is 0 Å². The maximum Gasteiger partial charge on any atom is 0.336 e. The molecule has 0 amide bonds. The fourth-order valence-corrected chi connectivity index (χ4v) is 3.38. The first-order valence-electron chi connectivity index (χ1n) is 7.62. The van der Waals surface area contributed by atoms with E-state index in [1.807, 2.05) is 0 Å². The van der Waals surface area contributed by atoms with Crippen LogP contribution in [0.15, 0.2) is 45.6 Å². The van der Waals surface area contributed by atoms with Gasteiger partial charge in [0.05, 0.1) is 15.6 Å². The highest BCUT2D eigenvalue weighted by molar-refractivity contribution is 7.18. The maximum atomic E-state index is 12.0. The number of ketones is 1. The quantitative estimate of drug-likeness (QED) is 0.388. The van der Waals surface area contributed by atoms with Crippen LogP contribution in [0.5, 0.6) is 5.75 Å². The fraction of sp³-hybridized carbons (Fsp3) is 0.167. The van der Waals surface area contributed by atoms with E-state index >= 15 is 0 Å². The van der Waals surface area contributed by atoms with Gasteiger partial charge in [-0.15, -0.1) is 11.3 Å². The summed E-state index contributed by atoms with van der Waals surface area (Å²) >= 11 is 6.94. The molecule has 0 saturated heterocycles. The van der Waals surface area contributed by atoms with Crippen LogP contribution in [0.1, 0.15) is 28.1 Å². The molecule has 0 fully saturated rings. The van der Waals surface area contributed by atoms with Gasteiger partial charge in [-0.1, -0.05) is 11.6 Å². The lowest BCUT2D eigenvalue weighted by atomic mass is 10.1. The van der Waals surface area contributed by atoms with Crippen molar-refractivity contribution in [2.45, 2.75) is 19.4 Å². The van der Waals surface area contributed by atoms with Crippen molar-refractivity contribution in [1.82, 2.24) is 0 Å². The number of phenols is 1. The van der Waals surface area contributed by atoms with E-state index in [1.54, 1.807) is 18.2 Å². The second-order valence-electron chi connectivity index (χ2n) is 5.46. The lowest BCUT2D eigenvalue weighted by Gasteiger charge is -2.07. The molecule has 134 valence electrons. The van der Waals surface area contributed by atoms with E-state index in [-0.39, 0.29) is 36.6 Å². The minimum absolute atomic E-state index is 0.0151. The highest BCUT2D eigenvalue weighted by atomic mass is 35.5. The van der Waals surface area contributed by atoms with Crippen LogP contribution in [0.25, 0.3) is 11.0 Å². The highest BCUT2D eigenvalue weighted by Crippen LogP contribution is 2.24. The Balaban J connectivity index is 1.62. The van der Waals surface area contributed by atoms with Crippen LogP contribution >= 0.6 is 22.9 Å². The molecule has 3 rings (SSSR count). The van der Waals surface area contributed by atoms with Crippen LogP contribution in [-0.4, -0.2) is 16.9 Å². The van der Waals surface area contributed by atoms with Crippen molar-refractivity contribution in [1.29, 1.82) is 0 Å². The van der Waals surface area contributed by atoms with Gasteiger partial charge in [0.2, 0.25) is 0 Å². The Morgan fingerprint density at radius 3 is 2.69 bits per heavy atom. The lowest BCUT2D eigenvalue weighted by molar-refractivity contribution is -0.144. The average molecular weight is 393 g/mol. The zero-order valence-electron chi connectivity index (χ0n) is 13.4. The Kier molecular flexibility index (Phi) is 5.39. The number of aromatic hydroxyl groups is 1. The number of carbonyl (C=O) groups is 2. The predicted octanol–water partition coefficient (Wildman–Crippen LogP) is 3.92. The van der Waals surface area contributed by atoms with Crippen molar-refractivity contribution in [3.63, 3.8) is 0 Å². The summed E-state index contributed by atoms with van der Waals surface area (Å²) in [5.41, 5.74) is 0.0492. The Bertz CT molecular complexity index is 1040. The van der Waals surface area contributed by atoms with Crippen molar-refractivity contribution < 1.29 is 23.8 Å². The summed E-state index contributed by atoms with van der Waals surface area (Å²) in [4.78, 5) is 35.9. The number of rotatable bonds is 6. The molecule has 0 aliphatic heterocycles. The molecule has 3 aromatic rings. The van der Waals surface area contributed by atoms with Crippen molar-refractivity contribution in [2.24, 2.45) is 0 Å². The number of ether oxygens (including phenoxy) is 1. The third-order valence-corrected chi connectivity index (χ3v) is 4.88. The van der Waals surface area contributed by atoms with Crippen LogP contribution in [-0.2, 0) is 16.1 Å². The number of halogens is 1. The van der Waals surface area contributed by atoms with E-state index in [0.29, 0.717) is 20.2 Å². The fourth-order valence-electron chi connectivity index (χ4n) is 2.37. The zero-order valence-corrected chi connectivity index (χ0v) is 14.9. The third-order valence-electron chi connectivity index (χ3n) is 3.61.